The maximum atomic E-state index is 8.44. The van der Waals surface area contributed by atoms with E-state index in [0.29, 0.717) is 11.3 Å². The van der Waals surface area contributed by atoms with Gasteiger partial charge in [-0.15, -0.1) is 0 Å². The van der Waals surface area contributed by atoms with Crippen molar-refractivity contribution in [1.29, 1.82) is 10.5 Å². The van der Waals surface area contributed by atoms with Gasteiger partial charge in [0.25, 0.3) is 0 Å². The van der Waals surface area contributed by atoms with Crippen LogP contribution in [0.25, 0.3) is 6.08 Å². The van der Waals surface area contributed by atoms with Crippen molar-refractivity contribution in [3.8, 4) is 12.1 Å². The lowest BCUT2D eigenvalue weighted by Crippen LogP contribution is -1.80. The van der Waals surface area contributed by atoms with Crippen LogP contribution in [0, 0.1) is 22.7 Å². The van der Waals surface area contributed by atoms with E-state index in [-0.39, 0.29) is 0 Å². The molecule has 0 aliphatic carbocycles. The molecular formula is C9H5N3. The van der Waals surface area contributed by atoms with Crippen molar-refractivity contribution in [2.24, 2.45) is 0 Å². The SMILES string of the molecule is N#CC=Cc1ccc(C#N)cn1. The number of nitriles is 2. The average Bonchev–Trinajstić information content (AvgIpc) is 2.15. The van der Waals surface area contributed by atoms with E-state index in [1.165, 1.54) is 12.3 Å². The minimum Gasteiger partial charge on any atom is -0.255 e. The second-order valence-corrected chi connectivity index (χ2v) is 2.05. The molecular weight excluding hydrogens is 150 g/mol. The van der Waals surface area contributed by atoms with Crippen molar-refractivity contribution in [3.63, 3.8) is 0 Å². The van der Waals surface area contributed by atoms with Crippen molar-refractivity contribution in [3.05, 3.63) is 35.7 Å². The quantitative estimate of drug-likeness (QED) is 0.577. The van der Waals surface area contributed by atoms with Gasteiger partial charge in [0.2, 0.25) is 0 Å². The molecule has 0 radical (unpaired) electrons. The Bertz CT molecular complexity index is 362. The van der Waals surface area contributed by atoms with Gasteiger partial charge >= 0.3 is 0 Å². The molecule has 0 atom stereocenters. The van der Waals surface area contributed by atoms with Gasteiger partial charge in [0.05, 0.1) is 17.3 Å². The van der Waals surface area contributed by atoms with Gasteiger partial charge in [0.15, 0.2) is 0 Å². The van der Waals surface area contributed by atoms with Crippen LogP contribution in [0.4, 0.5) is 0 Å². The van der Waals surface area contributed by atoms with Crippen LogP contribution in [0.1, 0.15) is 11.3 Å². The van der Waals surface area contributed by atoms with E-state index < -0.39 is 0 Å². The Balaban J connectivity index is 2.88. The van der Waals surface area contributed by atoms with E-state index in [1.54, 1.807) is 18.2 Å². The monoisotopic (exact) mass is 155 g/mol. The van der Waals surface area contributed by atoms with Crippen molar-refractivity contribution in [1.82, 2.24) is 4.98 Å². The summed E-state index contributed by atoms with van der Waals surface area (Å²) in [5.41, 5.74) is 1.19. The van der Waals surface area contributed by atoms with Crippen LogP contribution >= 0.6 is 0 Å². The van der Waals surface area contributed by atoms with Crippen molar-refractivity contribution in [2.75, 3.05) is 0 Å². The Morgan fingerprint density at radius 3 is 2.67 bits per heavy atom. The summed E-state index contributed by atoms with van der Waals surface area (Å²) in [6.07, 6.45) is 4.40. The molecule has 3 heteroatoms. The van der Waals surface area contributed by atoms with Crippen LogP contribution in [0.2, 0.25) is 0 Å². The van der Waals surface area contributed by atoms with Crippen molar-refractivity contribution in [2.45, 2.75) is 0 Å². The smallest absolute Gasteiger partial charge is 0.101 e. The zero-order valence-electron chi connectivity index (χ0n) is 6.23. The van der Waals surface area contributed by atoms with E-state index in [4.69, 9.17) is 10.5 Å². The summed E-state index contributed by atoms with van der Waals surface area (Å²) in [4.78, 5) is 3.93. The first-order chi connectivity index (χ1) is 5.86. The van der Waals surface area contributed by atoms with E-state index in [9.17, 15) is 0 Å². The Kier molecular flexibility index (Phi) is 2.59. The number of rotatable bonds is 1. The van der Waals surface area contributed by atoms with Crippen LogP contribution < -0.4 is 0 Å². The minimum atomic E-state index is 0.518. The lowest BCUT2D eigenvalue weighted by atomic mass is 10.2. The topological polar surface area (TPSA) is 60.5 Å². The first kappa shape index (κ1) is 7.97. The van der Waals surface area contributed by atoms with Gasteiger partial charge in [0, 0.05) is 12.3 Å². The number of aromatic nitrogens is 1. The number of allylic oxidation sites excluding steroid dienone is 1. The lowest BCUT2D eigenvalue weighted by Gasteiger charge is -1.89. The molecule has 3 nitrogen and oxygen atoms in total. The minimum absolute atomic E-state index is 0.518. The predicted molar refractivity (Wildman–Crippen MR) is 43.6 cm³/mol. The highest BCUT2D eigenvalue weighted by atomic mass is 14.7. The lowest BCUT2D eigenvalue weighted by molar-refractivity contribution is 1.27. The summed E-state index contributed by atoms with van der Waals surface area (Å²) in [5.74, 6) is 0. The van der Waals surface area contributed by atoms with E-state index in [0.717, 1.165) is 0 Å². The molecule has 0 spiro atoms. The molecule has 1 heterocycles. The summed E-state index contributed by atoms with van der Waals surface area (Å²) in [6.45, 7) is 0. The molecule has 0 aliphatic heterocycles. The number of hydrogen-bond acceptors (Lipinski definition) is 3. The van der Waals surface area contributed by atoms with Gasteiger partial charge in [-0.3, -0.25) is 4.98 Å². The molecule has 0 unspecified atom stereocenters. The Morgan fingerprint density at radius 2 is 2.17 bits per heavy atom. The van der Waals surface area contributed by atoms with E-state index in [1.807, 2.05) is 12.1 Å². The summed E-state index contributed by atoms with van der Waals surface area (Å²) >= 11 is 0. The molecule has 56 valence electrons. The second kappa shape index (κ2) is 3.90. The molecule has 0 aliphatic rings. The molecule has 0 saturated heterocycles. The fourth-order valence-electron chi connectivity index (χ4n) is 0.693. The molecule has 1 aromatic heterocycles. The summed E-state index contributed by atoms with van der Waals surface area (Å²) in [5, 5.41) is 16.7. The van der Waals surface area contributed by atoms with Gasteiger partial charge in [-0.25, -0.2) is 0 Å². The fourth-order valence-corrected chi connectivity index (χ4v) is 0.693. The highest BCUT2D eigenvalue weighted by molar-refractivity contribution is 5.48. The molecule has 1 rings (SSSR count). The van der Waals surface area contributed by atoms with E-state index >= 15 is 0 Å². The largest absolute Gasteiger partial charge is 0.255 e. The zero-order valence-corrected chi connectivity index (χ0v) is 6.23. The number of nitrogens with zero attached hydrogens (tertiary/aromatic N) is 3. The summed E-state index contributed by atoms with van der Waals surface area (Å²) < 4.78 is 0. The molecule has 0 fully saturated rings. The maximum Gasteiger partial charge on any atom is 0.101 e. The zero-order chi connectivity index (χ0) is 8.81. The van der Waals surface area contributed by atoms with Gasteiger partial charge in [-0.2, -0.15) is 10.5 Å². The molecule has 0 aromatic carbocycles. The molecule has 1 aromatic rings. The average molecular weight is 155 g/mol. The first-order valence-corrected chi connectivity index (χ1v) is 3.29. The highest BCUT2D eigenvalue weighted by Crippen LogP contribution is 1.99. The number of pyridine rings is 1. The van der Waals surface area contributed by atoms with Gasteiger partial charge < -0.3 is 0 Å². The molecule has 0 saturated carbocycles. The third-order valence-electron chi connectivity index (χ3n) is 1.24. The standard InChI is InChI=1S/C9H5N3/c10-5-1-2-9-4-3-8(6-11)7-12-9/h1-4,7H. The van der Waals surface area contributed by atoms with Crippen molar-refractivity contribution < 1.29 is 0 Å². The maximum absolute atomic E-state index is 8.44. The van der Waals surface area contributed by atoms with Gasteiger partial charge in [0.1, 0.15) is 6.07 Å². The van der Waals surface area contributed by atoms with Crippen molar-refractivity contribution >= 4 is 6.08 Å². The van der Waals surface area contributed by atoms with Crippen LogP contribution in [-0.2, 0) is 0 Å². The summed E-state index contributed by atoms with van der Waals surface area (Å²) in [7, 11) is 0. The first-order valence-electron chi connectivity index (χ1n) is 3.29. The Morgan fingerprint density at radius 1 is 1.33 bits per heavy atom. The van der Waals surface area contributed by atoms with E-state index in [2.05, 4.69) is 4.98 Å². The van der Waals surface area contributed by atoms with Gasteiger partial charge in [-0.05, 0) is 18.2 Å². The van der Waals surface area contributed by atoms with Crippen LogP contribution in [-0.4, -0.2) is 4.98 Å². The second-order valence-electron chi connectivity index (χ2n) is 2.05. The predicted octanol–water partition coefficient (Wildman–Crippen LogP) is 1.49. The fraction of sp³-hybridized carbons (Fsp3) is 0. The number of hydrogen-bond donors (Lipinski definition) is 0. The normalized spacial score (nSPS) is 9.17. The third kappa shape index (κ3) is 1.93. The van der Waals surface area contributed by atoms with Crippen LogP contribution in [0.5, 0.6) is 0 Å². The Hall–Kier alpha value is -2.13. The molecule has 0 amide bonds. The molecule has 0 N–H and O–H groups in total. The summed E-state index contributed by atoms with van der Waals surface area (Å²) in [6, 6.07) is 7.16. The van der Waals surface area contributed by atoms with Gasteiger partial charge in [-0.1, -0.05) is 0 Å². The van der Waals surface area contributed by atoms with Crippen LogP contribution in [0.3, 0.4) is 0 Å². The van der Waals surface area contributed by atoms with Crippen LogP contribution in [0.15, 0.2) is 24.4 Å². The third-order valence-corrected chi connectivity index (χ3v) is 1.24. The Labute approximate surface area is 70.2 Å². The molecule has 0 bridgehead atoms. The highest BCUT2D eigenvalue weighted by Gasteiger charge is 1.89. The molecule has 12 heavy (non-hydrogen) atoms.